The van der Waals surface area contributed by atoms with Crippen molar-refractivity contribution in [3.8, 4) is 0 Å². The lowest BCUT2D eigenvalue weighted by molar-refractivity contribution is -0.0581. The van der Waals surface area contributed by atoms with Crippen LogP contribution in [0.5, 0.6) is 0 Å². The molecule has 20 heavy (non-hydrogen) atoms. The molecule has 1 aliphatic rings. The zero-order chi connectivity index (χ0) is 14.6. The smallest absolute Gasteiger partial charge is 0.179 e. The first-order chi connectivity index (χ1) is 9.59. The van der Waals surface area contributed by atoms with Gasteiger partial charge in [-0.05, 0) is 32.7 Å². The number of rotatable bonds is 5. The summed E-state index contributed by atoms with van der Waals surface area (Å²) in [4.78, 5) is 15.0. The minimum atomic E-state index is -0.122. The van der Waals surface area contributed by atoms with Crippen molar-refractivity contribution in [1.82, 2.24) is 4.90 Å². The van der Waals surface area contributed by atoms with Gasteiger partial charge in [-0.1, -0.05) is 37.3 Å². The molecule has 3 heteroatoms. The first-order valence-electron chi connectivity index (χ1n) is 7.48. The molecule has 0 saturated carbocycles. The number of likely N-dealkylation sites (tertiary alicyclic amines) is 1. The standard InChI is InChI=1S/C17H25NO2/c1-4-15(16(19)14-9-6-5-7-10-14)18-12-8-11-17(2,13-18)20-3/h5-7,9-10,15H,4,8,11-13H2,1-3H3. The Hall–Kier alpha value is -1.19. The number of ketones is 1. The van der Waals surface area contributed by atoms with Gasteiger partial charge in [0, 0.05) is 19.2 Å². The van der Waals surface area contributed by atoms with Crippen molar-refractivity contribution < 1.29 is 9.53 Å². The number of methoxy groups -OCH3 is 1. The van der Waals surface area contributed by atoms with Gasteiger partial charge in [0.25, 0.3) is 0 Å². The molecule has 0 aliphatic carbocycles. The van der Waals surface area contributed by atoms with E-state index in [9.17, 15) is 4.79 Å². The van der Waals surface area contributed by atoms with Gasteiger partial charge in [0.1, 0.15) is 0 Å². The van der Waals surface area contributed by atoms with E-state index in [1.54, 1.807) is 7.11 Å². The predicted molar refractivity (Wildman–Crippen MR) is 81.1 cm³/mol. The quantitative estimate of drug-likeness (QED) is 0.773. The Morgan fingerprint density at radius 3 is 2.70 bits per heavy atom. The third-order valence-electron chi connectivity index (χ3n) is 4.37. The molecule has 1 saturated heterocycles. The average molecular weight is 275 g/mol. The number of ether oxygens (including phenoxy) is 1. The number of hydrogen-bond donors (Lipinski definition) is 0. The van der Waals surface area contributed by atoms with Crippen LogP contribution in [0.4, 0.5) is 0 Å². The number of hydrogen-bond acceptors (Lipinski definition) is 3. The summed E-state index contributed by atoms with van der Waals surface area (Å²) in [5, 5.41) is 0. The number of piperidine rings is 1. The Morgan fingerprint density at radius 1 is 1.40 bits per heavy atom. The lowest BCUT2D eigenvalue weighted by Crippen LogP contribution is -2.53. The van der Waals surface area contributed by atoms with Crippen LogP contribution in [0.2, 0.25) is 0 Å². The summed E-state index contributed by atoms with van der Waals surface area (Å²) in [6.45, 7) is 6.04. The molecule has 2 rings (SSSR count). The first kappa shape index (κ1) is 15.2. The summed E-state index contributed by atoms with van der Waals surface area (Å²) in [7, 11) is 1.77. The van der Waals surface area contributed by atoms with E-state index in [-0.39, 0.29) is 17.4 Å². The van der Waals surface area contributed by atoms with Crippen LogP contribution in [0.25, 0.3) is 0 Å². The molecule has 1 heterocycles. The van der Waals surface area contributed by atoms with Crippen molar-refractivity contribution in [3.05, 3.63) is 35.9 Å². The van der Waals surface area contributed by atoms with Crippen molar-refractivity contribution in [3.63, 3.8) is 0 Å². The molecule has 0 amide bonds. The van der Waals surface area contributed by atoms with E-state index in [0.717, 1.165) is 37.9 Å². The van der Waals surface area contributed by atoms with Crippen LogP contribution in [0, 0.1) is 0 Å². The van der Waals surface area contributed by atoms with Crippen molar-refractivity contribution in [2.24, 2.45) is 0 Å². The van der Waals surface area contributed by atoms with Gasteiger partial charge in [-0.2, -0.15) is 0 Å². The molecule has 1 aromatic carbocycles. The summed E-state index contributed by atoms with van der Waals surface area (Å²) in [6, 6.07) is 9.58. The van der Waals surface area contributed by atoms with Gasteiger partial charge in [0.15, 0.2) is 5.78 Å². The number of carbonyl (C=O) groups is 1. The highest BCUT2D eigenvalue weighted by atomic mass is 16.5. The molecular weight excluding hydrogens is 250 g/mol. The molecule has 0 spiro atoms. The van der Waals surface area contributed by atoms with Crippen LogP contribution >= 0.6 is 0 Å². The maximum Gasteiger partial charge on any atom is 0.179 e. The fourth-order valence-electron chi connectivity index (χ4n) is 3.08. The lowest BCUT2D eigenvalue weighted by Gasteiger charge is -2.42. The van der Waals surface area contributed by atoms with E-state index >= 15 is 0 Å². The van der Waals surface area contributed by atoms with Gasteiger partial charge in [-0.3, -0.25) is 9.69 Å². The minimum Gasteiger partial charge on any atom is -0.377 e. The summed E-state index contributed by atoms with van der Waals surface area (Å²) >= 11 is 0. The second kappa shape index (κ2) is 6.51. The second-order valence-corrected chi connectivity index (χ2v) is 5.88. The molecule has 0 N–H and O–H groups in total. The monoisotopic (exact) mass is 275 g/mol. The number of Topliss-reactive ketones (excluding diaryl/α,β-unsaturated/α-hetero) is 1. The third-order valence-corrected chi connectivity index (χ3v) is 4.37. The van der Waals surface area contributed by atoms with Crippen LogP contribution < -0.4 is 0 Å². The number of benzene rings is 1. The zero-order valence-corrected chi connectivity index (χ0v) is 12.8. The second-order valence-electron chi connectivity index (χ2n) is 5.88. The molecule has 2 unspecified atom stereocenters. The van der Waals surface area contributed by atoms with Gasteiger partial charge >= 0.3 is 0 Å². The van der Waals surface area contributed by atoms with Gasteiger partial charge < -0.3 is 4.74 Å². The van der Waals surface area contributed by atoms with Crippen LogP contribution in [-0.2, 0) is 4.74 Å². The molecule has 2 atom stereocenters. The van der Waals surface area contributed by atoms with E-state index < -0.39 is 0 Å². The molecule has 1 fully saturated rings. The van der Waals surface area contributed by atoms with Gasteiger partial charge in [0.2, 0.25) is 0 Å². The maximum atomic E-state index is 12.7. The zero-order valence-electron chi connectivity index (χ0n) is 12.8. The Balaban J connectivity index is 2.14. The minimum absolute atomic E-state index is 0.0350. The largest absolute Gasteiger partial charge is 0.377 e. The van der Waals surface area contributed by atoms with E-state index in [2.05, 4.69) is 18.7 Å². The van der Waals surface area contributed by atoms with E-state index in [1.807, 2.05) is 30.3 Å². The molecule has 3 nitrogen and oxygen atoms in total. The van der Waals surface area contributed by atoms with Crippen molar-refractivity contribution >= 4 is 5.78 Å². The Kier molecular flexibility index (Phi) is 4.95. The molecular formula is C17H25NO2. The topological polar surface area (TPSA) is 29.5 Å². The van der Waals surface area contributed by atoms with Crippen molar-refractivity contribution in [1.29, 1.82) is 0 Å². The lowest BCUT2D eigenvalue weighted by atomic mass is 9.91. The highest BCUT2D eigenvalue weighted by Crippen LogP contribution is 2.27. The van der Waals surface area contributed by atoms with Crippen LogP contribution in [0.15, 0.2) is 30.3 Å². The van der Waals surface area contributed by atoms with Crippen LogP contribution in [0.3, 0.4) is 0 Å². The van der Waals surface area contributed by atoms with Crippen molar-refractivity contribution in [2.75, 3.05) is 20.2 Å². The van der Waals surface area contributed by atoms with E-state index in [1.165, 1.54) is 0 Å². The molecule has 0 radical (unpaired) electrons. The normalized spacial score (nSPS) is 25.4. The molecule has 1 aliphatic heterocycles. The maximum absolute atomic E-state index is 12.7. The first-order valence-corrected chi connectivity index (χ1v) is 7.48. The van der Waals surface area contributed by atoms with Crippen LogP contribution in [-0.4, -0.2) is 42.5 Å². The van der Waals surface area contributed by atoms with E-state index in [0.29, 0.717) is 0 Å². The Labute approximate surface area is 121 Å². The highest BCUT2D eigenvalue weighted by molar-refractivity contribution is 6.00. The van der Waals surface area contributed by atoms with Gasteiger partial charge in [-0.25, -0.2) is 0 Å². The summed E-state index contributed by atoms with van der Waals surface area (Å²) < 4.78 is 5.64. The number of nitrogens with zero attached hydrogens (tertiary/aromatic N) is 1. The van der Waals surface area contributed by atoms with Crippen LogP contribution in [0.1, 0.15) is 43.5 Å². The predicted octanol–water partition coefficient (Wildman–Crippen LogP) is 3.15. The highest BCUT2D eigenvalue weighted by Gasteiger charge is 2.35. The van der Waals surface area contributed by atoms with Gasteiger partial charge in [-0.15, -0.1) is 0 Å². The molecule has 110 valence electrons. The fraction of sp³-hybridized carbons (Fsp3) is 0.588. The molecule has 0 bridgehead atoms. The summed E-state index contributed by atoms with van der Waals surface area (Å²) in [5.41, 5.74) is 0.687. The molecule has 0 aromatic heterocycles. The average Bonchev–Trinajstić information content (AvgIpc) is 2.49. The Bertz CT molecular complexity index is 446. The Morgan fingerprint density at radius 2 is 2.10 bits per heavy atom. The fourth-order valence-corrected chi connectivity index (χ4v) is 3.08. The molecule has 1 aromatic rings. The van der Waals surface area contributed by atoms with Gasteiger partial charge in [0.05, 0.1) is 11.6 Å². The van der Waals surface area contributed by atoms with Crippen molar-refractivity contribution in [2.45, 2.75) is 44.8 Å². The summed E-state index contributed by atoms with van der Waals surface area (Å²) in [6.07, 6.45) is 2.99. The van der Waals surface area contributed by atoms with E-state index in [4.69, 9.17) is 4.74 Å². The summed E-state index contributed by atoms with van der Waals surface area (Å²) in [5.74, 6) is 0.230. The number of carbonyl (C=O) groups excluding carboxylic acids is 1. The third kappa shape index (κ3) is 3.28. The SMILES string of the molecule is CCC(C(=O)c1ccccc1)N1CCCC(C)(OC)C1.